The number of hydrogen-bond acceptors (Lipinski definition) is 8. The highest BCUT2D eigenvalue weighted by Gasteiger charge is 2.37. The molecule has 12 nitrogen and oxygen atoms in total. The summed E-state index contributed by atoms with van der Waals surface area (Å²) in [7, 11) is 1.65. The third kappa shape index (κ3) is 11.6. The number of likely N-dealkylation sites (N-methyl/N-ethyl adjacent to an activating group) is 1. The van der Waals surface area contributed by atoms with Crippen LogP contribution in [0.5, 0.6) is 0 Å². The minimum absolute atomic E-state index is 0.0364. The second kappa shape index (κ2) is 16.2. The second-order valence-electron chi connectivity index (χ2n) is 11.3. The van der Waals surface area contributed by atoms with Crippen LogP contribution in [0.15, 0.2) is 24.3 Å². The number of benzene rings is 1. The van der Waals surface area contributed by atoms with E-state index in [2.05, 4.69) is 0 Å². The Bertz CT molecular complexity index is 1040. The van der Waals surface area contributed by atoms with Crippen molar-refractivity contribution in [1.82, 2.24) is 14.7 Å². The molecule has 0 saturated heterocycles. The van der Waals surface area contributed by atoms with Crippen LogP contribution in [-0.2, 0) is 25.6 Å². The summed E-state index contributed by atoms with van der Waals surface area (Å²) in [6.07, 6.45) is 3.40. The summed E-state index contributed by atoms with van der Waals surface area (Å²) in [5.74, 6) is -4.22. The molecular weight excluding hydrogens is 534 g/mol. The maximum absolute atomic E-state index is 12.4. The van der Waals surface area contributed by atoms with Gasteiger partial charge in [0.15, 0.2) is 5.78 Å². The van der Waals surface area contributed by atoms with Crippen LogP contribution >= 0.6 is 0 Å². The van der Waals surface area contributed by atoms with E-state index in [0.717, 1.165) is 18.4 Å². The second-order valence-corrected chi connectivity index (χ2v) is 11.3. The molecule has 1 saturated carbocycles. The molecule has 0 amide bonds. The molecule has 0 radical (unpaired) electrons. The highest BCUT2D eigenvalue weighted by Crippen LogP contribution is 2.28. The van der Waals surface area contributed by atoms with E-state index in [4.69, 9.17) is 0 Å². The van der Waals surface area contributed by atoms with Crippen molar-refractivity contribution < 1.29 is 44.4 Å². The van der Waals surface area contributed by atoms with Crippen LogP contribution in [0.3, 0.4) is 0 Å². The Balaban J connectivity index is 2.37. The number of nitrogens with zero attached hydrogens (tertiary/aromatic N) is 3. The molecule has 0 spiro atoms. The van der Waals surface area contributed by atoms with Crippen LogP contribution in [0.4, 0.5) is 0 Å². The maximum atomic E-state index is 12.4. The lowest BCUT2D eigenvalue weighted by molar-refractivity contribution is -0.146. The molecule has 1 aliphatic carbocycles. The monoisotopic (exact) mass is 577 g/mol. The van der Waals surface area contributed by atoms with Crippen LogP contribution in [0.1, 0.15) is 61.9 Å². The first-order valence-electron chi connectivity index (χ1n) is 13.9. The summed E-state index contributed by atoms with van der Waals surface area (Å²) in [6, 6.07) is 5.77. The van der Waals surface area contributed by atoms with Gasteiger partial charge in [-0.2, -0.15) is 0 Å². The van der Waals surface area contributed by atoms with Crippen LogP contribution in [0.2, 0.25) is 0 Å². The fourth-order valence-corrected chi connectivity index (χ4v) is 5.63. The number of ketones is 1. The maximum Gasteiger partial charge on any atom is 0.317 e. The standard InChI is InChI=1S/C29H43N3O9/c1-19(2)12-25(33)21-10-8-20(9-11-21)13-22(30(3)15-26(34)35)14-31(16-27(36)37)23-6-4-5-7-24(23)32(17-28(38)39)18-29(40)41/h8-11,19,22-24H,4-7,12-18H2,1-3H3,(H,34,35)(H,36,37)(H,38,39)(H,40,41). The van der Waals surface area contributed by atoms with Gasteiger partial charge in [0, 0.05) is 36.7 Å². The van der Waals surface area contributed by atoms with E-state index in [1.807, 2.05) is 26.0 Å². The first kappa shape index (κ1) is 33.9. The summed E-state index contributed by atoms with van der Waals surface area (Å²) < 4.78 is 0. The number of carbonyl (C=O) groups excluding carboxylic acids is 1. The Labute approximate surface area is 240 Å². The molecule has 4 N–H and O–H groups in total. The number of aliphatic carboxylic acids is 4. The number of carboxylic acids is 4. The van der Waals surface area contributed by atoms with Gasteiger partial charge in [-0.1, -0.05) is 51.0 Å². The van der Waals surface area contributed by atoms with Gasteiger partial charge in [-0.25, -0.2) is 0 Å². The molecule has 228 valence electrons. The Hall–Kier alpha value is -3.35. The Morgan fingerprint density at radius 1 is 0.756 bits per heavy atom. The van der Waals surface area contributed by atoms with Crippen molar-refractivity contribution in [2.75, 3.05) is 39.8 Å². The molecule has 1 fully saturated rings. The Kier molecular flexibility index (Phi) is 13.4. The van der Waals surface area contributed by atoms with Crippen LogP contribution in [0.25, 0.3) is 0 Å². The summed E-state index contributed by atoms with van der Waals surface area (Å²) >= 11 is 0. The molecule has 0 aliphatic heterocycles. The molecule has 0 aromatic heterocycles. The van der Waals surface area contributed by atoms with E-state index in [1.165, 1.54) is 4.90 Å². The average molecular weight is 578 g/mol. The molecule has 12 heteroatoms. The van der Waals surface area contributed by atoms with Crippen LogP contribution in [0, 0.1) is 5.92 Å². The quantitative estimate of drug-likeness (QED) is 0.187. The first-order valence-corrected chi connectivity index (χ1v) is 13.9. The van der Waals surface area contributed by atoms with Gasteiger partial charge in [0.05, 0.1) is 26.2 Å². The van der Waals surface area contributed by atoms with Crippen LogP contribution < -0.4 is 0 Å². The van der Waals surface area contributed by atoms with Crippen molar-refractivity contribution in [2.45, 2.75) is 70.5 Å². The summed E-state index contributed by atoms with van der Waals surface area (Å²) in [5.41, 5.74) is 1.44. The highest BCUT2D eigenvalue weighted by molar-refractivity contribution is 5.96. The van der Waals surface area contributed by atoms with Crippen molar-refractivity contribution in [1.29, 1.82) is 0 Å². The SMILES string of the molecule is CC(C)CC(=O)c1ccc(CC(CN(CC(=O)O)C2CCCCC2N(CC(=O)O)CC(=O)O)N(C)CC(=O)O)cc1. The molecule has 0 heterocycles. The van der Waals surface area contributed by atoms with Gasteiger partial charge < -0.3 is 20.4 Å². The fraction of sp³-hybridized carbons (Fsp3) is 0.621. The number of rotatable bonds is 18. The van der Waals surface area contributed by atoms with Crippen molar-refractivity contribution in [3.05, 3.63) is 35.4 Å². The summed E-state index contributed by atoms with van der Waals surface area (Å²) in [6.45, 7) is 2.48. The fourth-order valence-electron chi connectivity index (χ4n) is 5.63. The van der Waals surface area contributed by atoms with Crippen LogP contribution in [-0.4, -0.2) is 123 Å². The molecule has 41 heavy (non-hydrogen) atoms. The van der Waals surface area contributed by atoms with Gasteiger partial charge in [-0.15, -0.1) is 0 Å². The summed E-state index contributed by atoms with van der Waals surface area (Å²) in [5, 5.41) is 38.1. The normalized spacial score (nSPS) is 18.1. The molecule has 1 aliphatic rings. The van der Waals surface area contributed by atoms with E-state index >= 15 is 0 Å². The molecular formula is C29H43N3O9. The van der Waals surface area contributed by atoms with E-state index in [-0.39, 0.29) is 31.3 Å². The summed E-state index contributed by atoms with van der Waals surface area (Å²) in [4.78, 5) is 63.9. The van der Waals surface area contributed by atoms with Crippen molar-refractivity contribution >= 4 is 29.7 Å². The van der Waals surface area contributed by atoms with E-state index in [0.29, 0.717) is 31.2 Å². The Morgan fingerprint density at radius 2 is 1.22 bits per heavy atom. The average Bonchev–Trinajstić information content (AvgIpc) is 2.86. The van der Waals surface area contributed by atoms with Crippen molar-refractivity contribution in [3.63, 3.8) is 0 Å². The third-order valence-corrected chi connectivity index (χ3v) is 7.44. The minimum Gasteiger partial charge on any atom is -0.480 e. The zero-order chi connectivity index (χ0) is 30.7. The third-order valence-electron chi connectivity index (χ3n) is 7.44. The smallest absolute Gasteiger partial charge is 0.317 e. The number of carbonyl (C=O) groups is 5. The van der Waals surface area contributed by atoms with Gasteiger partial charge >= 0.3 is 23.9 Å². The first-order chi connectivity index (χ1) is 19.3. The Morgan fingerprint density at radius 3 is 1.68 bits per heavy atom. The largest absolute Gasteiger partial charge is 0.480 e. The van der Waals surface area contributed by atoms with E-state index in [9.17, 15) is 44.4 Å². The molecule has 2 rings (SSSR count). The molecule has 3 unspecified atom stereocenters. The topological polar surface area (TPSA) is 176 Å². The molecule has 1 aromatic rings. The van der Waals surface area contributed by atoms with Crippen molar-refractivity contribution in [3.8, 4) is 0 Å². The van der Waals surface area contributed by atoms with Gasteiger partial charge in [-0.3, -0.25) is 38.7 Å². The zero-order valence-electron chi connectivity index (χ0n) is 24.1. The van der Waals surface area contributed by atoms with Gasteiger partial charge in [0.2, 0.25) is 0 Å². The molecule has 0 bridgehead atoms. The zero-order valence-corrected chi connectivity index (χ0v) is 24.1. The lowest BCUT2D eigenvalue weighted by Gasteiger charge is -2.45. The number of hydrogen-bond donors (Lipinski definition) is 4. The van der Waals surface area contributed by atoms with Crippen molar-refractivity contribution in [2.24, 2.45) is 5.92 Å². The lowest BCUT2D eigenvalue weighted by Crippen LogP contribution is -2.59. The predicted molar refractivity (Wildman–Crippen MR) is 150 cm³/mol. The van der Waals surface area contributed by atoms with E-state index < -0.39 is 55.1 Å². The van der Waals surface area contributed by atoms with E-state index in [1.54, 1.807) is 29.0 Å². The highest BCUT2D eigenvalue weighted by atomic mass is 16.4. The van der Waals surface area contributed by atoms with Gasteiger partial charge in [0.1, 0.15) is 0 Å². The number of carboxylic acid groups (broad SMARTS) is 4. The molecule has 1 aromatic carbocycles. The number of Topliss-reactive ketones (excluding diaryl/α,β-unsaturated/α-hetero) is 1. The van der Waals surface area contributed by atoms with Gasteiger partial charge in [-0.05, 0) is 37.8 Å². The lowest BCUT2D eigenvalue weighted by atomic mass is 9.87. The minimum atomic E-state index is -1.17. The molecule has 3 atom stereocenters. The van der Waals surface area contributed by atoms with Gasteiger partial charge in [0.25, 0.3) is 0 Å². The predicted octanol–water partition coefficient (Wildman–Crippen LogP) is 2.01.